The lowest BCUT2D eigenvalue weighted by Crippen LogP contribution is -2.34. The minimum absolute atomic E-state index is 0.0858. The third-order valence-electron chi connectivity index (χ3n) is 5.00. The van der Waals surface area contributed by atoms with Gasteiger partial charge in [-0.15, -0.1) is 11.6 Å². The van der Waals surface area contributed by atoms with Crippen molar-refractivity contribution < 1.29 is 4.74 Å². The molecule has 1 heterocycles. The number of hydrogen-bond donors (Lipinski definition) is 0. The van der Waals surface area contributed by atoms with Gasteiger partial charge in [0, 0.05) is 12.6 Å². The highest BCUT2D eigenvalue weighted by atomic mass is 35.5. The highest BCUT2D eigenvalue weighted by molar-refractivity contribution is 6.20. The molecule has 3 rings (SSSR count). The van der Waals surface area contributed by atoms with E-state index in [9.17, 15) is 0 Å². The van der Waals surface area contributed by atoms with Gasteiger partial charge in [0.1, 0.15) is 11.6 Å². The van der Waals surface area contributed by atoms with Gasteiger partial charge in [0.25, 0.3) is 0 Å². The number of hydrogen-bond acceptors (Lipinski definition) is 2. The molecule has 21 heavy (non-hydrogen) atoms. The van der Waals surface area contributed by atoms with Crippen LogP contribution in [0.2, 0.25) is 0 Å². The van der Waals surface area contributed by atoms with Gasteiger partial charge in [0.2, 0.25) is 0 Å². The SMILES string of the molecule is CCC1(Cn2c(C(C)Cl)nc3cc(OC)ccc32)CCC1. The second-order valence-electron chi connectivity index (χ2n) is 6.23. The van der Waals surface area contributed by atoms with Crippen molar-refractivity contribution in [3.05, 3.63) is 24.0 Å². The van der Waals surface area contributed by atoms with Gasteiger partial charge in [0.05, 0.1) is 23.5 Å². The summed E-state index contributed by atoms with van der Waals surface area (Å²) in [5.74, 6) is 1.81. The fourth-order valence-corrected chi connectivity index (χ4v) is 3.53. The Morgan fingerprint density at radius 3 is 2.71 bits per heavy atom. The number of methoxy groups -OCH3 is 1. The summed E-state index contributed by atoms with van der Waals surface area (Å²) in [6, 6.07) is 6.10. The molecule has 1 aromatic heterocycles. The summed E-state index contributed by atoms with van der Waals surface area (Å²) in [5, 5.41) is -0.0858. The summed E-state index contributed by atoms with van der Waals surface area (Å²) in [6.07, 6.45) is 5.20. The molecule has 3 nitrogen and oxygen atoms in total. The van der Waals surface area contributed by atoms with Crippen molar-refractivity contribution in [3.63, 3.8) is 0 Å². The molecule has 0 bridgehead atoms. The Kier molecular flexibility index (Phi) is 3.87. The molecular weight excluding hydrogens is 284 g/mol. The van der Waals surface area contributed by atoms with Crippen molar-refractivity contribution in [1.29, 1.82) is 0 Å². The van der Waals surface area contributed by atoms with Gasteiger partial charge in [-0.25, -0.2) is 4.98 Å². The van der Waals surface area contributed by atoms with E-state index in [4.69, 9.17) is 21.3 Å². The van der Waals surface area contributed by atoms with Crippen molar-refractivity contribution in [3.8, 4) is 5.75 Å². The van der Waals surface area contributed by atoms with E-state index in [1.54, 1.807) is 7.11 Å². The maximum Gasteiger partial charge on any atom is 0.127 e. The second-order valence-corrected chi connectivity index (χ2v) is 6.89. The van der Waals surface area contributed by atoms with Crippen LogP contribution in [-0.4, -0.2) is 16.7 Å². The lowest BCUT2D eigenvalue weighted by Gasteiger charge is -2.42. The van der Waals surface area contributed by atoms with Crippen LogP contribution in [0.25, 0.3) is 11.0 Å². The Morgan fingerprint density at radius 1 is 1.43 bits per heavy atom. The quantitative estimate of drug-likeness (QED) is 0.733. The van der Waals surface area contributed by atoms with Gasteiger partial charge in [-0.2, -0.15) is 0 Å². The van der Waals surface area contributed by atoms with E-state index in [1.807, 2.05) is 19.1 Å². The van der Waals surface area contributed by atoms with Crippen molar-refractivity contribution in [2.24, 2.45) is 5.41 Å². The first kappa shape index (κ1) is 14.7. The molecule has 1 aromatic carbocycles. The fourth-order valence-electron chi connectivity index (χ4n) is 3.36. The number of benzene rings is 1. The predicted molar refractivity (Wildman–Crippen MR) is 87.1 cm³/mol. The fraction of sp³-hybridized carbons (Fsp3) is 0.588. The van der Waals surface area contributed by atoms with Crippen molar-refractivity contribution in [1.82, 2.24) is 9.55 Å². The lowest BCUT2D eigenvalue weighted by atomic mass is 9.67. The van der Waals surface area contributed by atoms with Gasteiger partial charge in [-0.3, -0.25) is 0 Å². The summed E-state index contributed by atoms with van der Waals surface area (Å²) in [5.41, 5.74) is 2.58. The summed E-state index contributed by atoms with van der Waals surface area (Å²) in [4.78, 5) is 4.75. The van der Waals surface area contributed by atoms with Gasteiger partial charge >= 0.3 is 0 Å². The Balaban J connectivity index is 2.07. The third kappa shape index (κ3) is 2.52. The van der Waals surface area contributed by atoms with Gasteiger partial charge in [0.15, 0.2) is 0 Å². The molecule has 1 fully saturated rings. The number of alkyl halides is 1. The number of imidazole rings is 1. The van der Waals surface area contributed by atoms with Crippen molar-refractivity contribution in [2.75, 3.05) is 7.11 Å². The molecule has 0 amide bonds. The molecule has 0 aliphatic heterocycles. The van der Waals surface area contributed by atoms with Crippen LogP contribution in [0.4, 0.5) is 0 Å². The number of halogens is 1. The van der Waals surface area contributed by atoms with E-state index < -0.39 is 0 Å². The normalized spacial score (nSPS) is 18.5. The van der Waals surface area contributed by atoms with Crippen LogP contribution in [0, 0.1) is 5.41 Å². The third-order valence-corrected chi connectivity index (χ3v) is 5.19. The lowest BCUT2D eigenvalue weighted by molar-refractivity contribution is 0.101. The van der Waals surface area contributed by atoms with E-state index in [-0.39, 0.29) is 5.38 Å². The first-order valence-corrected chi connectivity index (χ1v) is 8.20. The first-order valence-electron chi connectivity index (χ1n) is 7.77. The molecule has 114 valence electrons. The summed E-state index contributed by atoms with van der Waals surface area (Å²) in [6.45, 7) is 5.32. The maximum absolute atomic E-state index is 6.37. The summed E-state index contributed by atoms with van der Waals surface area (Å²) < 4.78 is 7.63. The molecule has 0 N–H and O–H groups in total. The van der Waals surface area contributed by atoms with Crippen LogP contribution in [-0.2, 0) is 6.54 Å². The second kappa shape index (κ2) is 5.53. The number of nitrogens with zero attached hydrogens (tertiary/aromatic N) is 2. The number of aromatic nitrogens is 2. The minimum Gasteiger partial charge on any atom is -0.497 e. The molecule has 1 saturated carbocycles. The van der Waals surface area contributed by atoms with Crippen LogP contribution in [0.1, 0.15) is 50.7 Å². The Morgan fingerprint density at radius 2 is 2.19 bits per heavy atom. The number of rotatable bonds is 5. The average molecular weight is 307 g/mol. The van der Waals surface area contributed by atoms with Crippen LogP contribution >= 0.6 is 11.6 Å². The molecule has 2 aromatic rings. The number of ether oxygens (including phenoxy) is 1. The van der Waals surface area contributed by atoms with Crippen LogP contribution in [0.3, 0.4) is 0 Å². The zero-order chi connectivity index (χ0) is 15.0. The van der Waals surface area contributed by atoms with Crippen molar-refractivity contribution in [2.45, 2.75) is 51.5 Å². The molecule has 0 radical (unpaired) electrons. The Hall–Kier alpha value is -1.22. The van der Waals surface area contributed by atoms with E-state index in [1.165, 1.54) is 25.7 Å². The largest absolute Gasteiger partial charge is 0.497 e. The molecule has 0 saturated heterocycles. The van der Waals surface area contributed by atoms with Crippen LogP contribution in [0.5, 0.6) is 5.75 Å². The Labute approximate surface area is 131 Å². The van der Waals surface area contributed by atoms with E-state index >= 15 is 0 Å². The van der Waals surface area contributed by atoms with Gasteiger partial charge in [-0.1, -0.05) is 13.3 Å². The van der Waals surface area contributed by atoms with E-state index in [2.05, 4.69) is 17.6 Å². The molecule has 1 unspecified atom stereocenters. The molecule has 1 atom stereocenters. The first-order chi connectivity index (χ1) is 10.1. The summed E-state index contributed by atoms with van der Waals surface area (Å²) in [7, 11) is 1.68. The standard InChI is InChI=1S/C17H23ClN2O/c1-4-17(8-5-9-17)11-20-15-7-6-13(21-3)10-14(15)19-16(20)12(2)18/h6-7,10,12H,4-5,8-9,11H2,1-3H3. The monoisotopic (exact) mass is 306 g/mol. The molecular formula is C17H23ClN2O. The maximum atomic E-state index is 6.37. The zero-order valence-electron chi connectivity index (χ0n) is 13.0. The molecule has 1 aliphatic carbocycles. The molecule has 1 aliphatic rings. The van der Waals surface area contributed by atoms with Crippen LogP contribution in [0.15, 0.2) is 18.2 Å². The minimum atomic E-state index is -0.0858. The molecule has 4 heteroatoms. The van der Waals surface area contributed by atoms with E-state index in [0.717, 1.165) is 29.2 Å². The highest BCUT2D eigenvalue weighted by Gasteiger charge is 2.36. The average Bonchev–Trinajstić information content (AvgIpc) is 2.80. The smallest absolute Gasteiger partial charge is 0.127 e. The topological polar surface area (TPSA) is 27.1 Å². The van der Waals surface area contributed by atoms with Crippen LogP contribution < -0.4 is 4.74 Å². The zero-order valence-corrected chi connectivity index (χ0v) is 13.8. The highest BCUT2D eigenvalue weighted by Crippen LogP contribution is 2.46. The molecule has 0 spiro atoms. The predicted octanol–water partition coefficient (Wildman–Crippen LogP) is 4.93. The Bertz CT molecular complexity index is 638. The van der Waals surface area contributed by atoms with E-state index in [0.29, 0.717) is 5.41 Å². The van der Waals surface area contributed by atoms with Gasteiger partial charge in [-0.05, 0) is 43.7 Å². The van der Waals surface area contributed by atoms with Gasteiger partial charge < -0.3 is 9.30 Å². The number of fused-ring (bicyclic) bond motifs is 1. The van der Waals surface area contributed by atoms with Crippen molar-refractivity contribution >= 4 is 22.6 Å². The summed E-state index contributed by atoms with van der Waals surface area (Å²) >= 11 is 6.37.